The molecule has 9 heteroatoms. The van der Waals surface area contributed by atoms with Crippen molar-refractivity contribution < 1.29 is 9.90 Å². The molecule has 9 nitrogen and oxygen atoms in total. The second-order valence-corrected chi connectivity index (χ2v) is 7.58. The SMILES string of the molecule is CN1CCC(NC(=O)c2ccc(-n3[nH]cc(-c4ccc(C#N)cc4)c3=O)nc2)C[C@H]1O. The largest absolute Gasteiger partial charge is 0.378 e. The molecule has 2 aromatic heterocycles. The van der Waals surface area contributed by atoms with Crippen LogP contribution in [0.25, 0.3) is 16.9 Å². The number of nitriles is 1. The topological polar surface area (TPSA) is 127 Å². The number of hydrogen-bond acceptors (Lipinski definition) is 6. The zero-order chi connectivity index (χ0) is 22.0. The van der Waals surface area contributed by atoms with E-state index >= 15 is 0 Å². The number of aliphatic hydroxyl groups is 1. The van der Waals surface area contributed by atoms with Gasteiger partial charge in [-0.05, 0) is 43.3 Å². The second-order valence-electron chi connectivity index (χ2n) is 7.58. The van der Waals surface area contributed by atoms with E-state index < -0.39 is 6.23 Å². The van der Waals surface area contributed by atoms with Crippen molar-refractivity contribution in [3.05, 3.63) is 70.3 Å². The second kappa shape index (κ2) is 8.55. The number of nitrogens with zero attached hydrogens (tertiary/aromatic N) is 4. The molecule has 158 valence electrons. The van der Waals surface area contributed by atoms with Crippen molar-refractivity contribution in [1.29, 1.82) is 5.26 Å². The molecular weight excluding hydrogens is 396 g/mol. The maximum absolute atomic E-state index is 12.8. The highest BCUT2D eigenvalue weighted by atomic mass is 16.3. The van der Waals surface area contributed by atoms with Crippen LogP contribution >= 0.6 is 0 Å². The molecule has 0 spiro atoms. The number of carbonyl (C=O) groups excluding carboxylic acids is 1. The molecule has 31 heavy (non-hydrogen) atoms. The molecule has 4 rings (SSSR count). The van der Waals surface area contributed by atoms with Crippen LogP contribution in [-0.2, 0) is 0 Å². The van der Waals surface area contributed by atoms with Gasteiger partial charge in [0.15, 0.2) is 5.82 Å². The summed E-state index contributed by atoms with van der Waals surface area (Å²) in [5.41, 5.74) is 1.76. The fraction of sp³-hybridized carbons (Fsp3) is 0.273. The van der Waals surface area contributed by atoms with Gasteiger partial charge in [-0.25, -0.2) is 9.67 Å². The zero-order valence-electron chi connectivity index (χ0n) is 16.9. The Kier molecular flexibility index (Phi) is 5.66. The molecule has 1 fully saturated rings. The Hall–Kier alpha value is -3.74. The van der Waals surface area contributed by atoms with Gasteiger partial charge in [-0.15, -0.1) is 0 Å². The summed E-state index contributed by atoms with van der Waals surface area (Å²) in [4.78, 5) is 31.4. The summed E-state index contributed by atoms with van der Waals surface area (Å²) in [5, 5.41) is 24.7. The predicted octanol–water partition coefficient (Wildman–Crippen LogP) is 1.24. The van der Waals surface area contributed by atoms with Gasteiger partial charge in [0.2, 0.25) is 0 Å². The summed E-state index contributed by atoms with van der Waals surface area (Å²) in [6.07, 6.45) is 3.68. The van der Waals surface area contributed by atoms with Gasteiger partial charge >= 0.3 is 0 Å². The zero-order valence-corrected chi connectivity index (χ0v) is 16.9. The number of aromatic amines is 1. The highest BCUT2D eigenvalue weighted by Crippen LogP contribution is 2.17. The highest BCUT2D eigenvalue weighted by Gasteiger charge is 2.25. The molecule has 3 aromatic rings. The first-order valence-electron chi connectivity index (χ1n) is 9.93. The van der Waals surface area contributed by atoms with Crippen LogP contribution in [0.2, 0.25) is 0 Å². The minimum atomic E-state index is -0.565. The monoisotopic (exact) mass is 418 g/mol. The molecule has 3 heterocycles. The van der Waals surface area contributed by atoms with E-state index in [9.17, 15) is 14.7 Å². The van der Waals surface area contributed by atoms with E-state index in [1.54, 1.807) is 42.6 Å². The number of pyridine rings is 1. The lowest BCUT2D eigenvalue weighted by Gasteiger charge is -2.34. The lowest BCUT2D eigenvalue weighted by molar-refractivity contribution is -0.0164. The first kappa shape index (κ1) is 20.5. The van der Waals surface area contributed by atoms with Crippen LogP contribution in [0.5, 0.6) is 0 Å². The fourth-order valence-electron chi connectivity index (χ4n) is 3.58. The highest BCUT2D eigenvalue weighted by molar-refractivity contribution is 5.94. The van der Waals surface area contributed by atoms with E-state index in [-0.39, 0.29) is 17.5 Å². The van der Waals surface area contributed by atoms with E-state index in [1.165, 1.54) is 10.9 Å². The van der Waals surface area contributed by atoms with Crippen LogP contribution in [-0.4, -0.2) is 56.5 Å². The number of hydrogen-bond donors (Lipinski definition) is 3. The number of amides is 1. The van der Waals surface area contributed by atoms with E-state index in [4.69, 9.17) is 5.26 Å². The van der Waals surface area contributed by atoms with Crippen LogP contribution in [0.15, 0.2) is 53.6 Å². The summed E-state index contributed by atoms with van der Waals surface area (Å²) in [7, 11) is 1.85. The number of aliphatic hydroxyl groups excluding tert-OH is 1. The minimum Gasteiger partial charge on any atom is -0.378 e. The van der Waals surface area contributed by atoms with Crippen molar-refractivity contribution in [3.63, 3.8) is 0 Å². The van der Waals surface area contributed by atoms with Gasteiger partial charge in [-0.2, -0.15) is 5.26 Å². The Morgan fingerprint density at radius 2 is 2.06 bits per heavy atom. The van der Waals surface area contributed by atoms with Gasteiger partial charge < -0.3 is 10.4 Å². The third-order valence-corrected chi connectivity index (χ3v) is 5.51. The molecule has 0 radical (unpaired) electrons. The van der Waals surface area contributed by atoms with Gasteiger partial charge in [0.1, 0.15) is 6.23 Å². The quantitative estimate of drug-likeness (QED) is 0.585. The Morgan fingerprint density at radius 3 is 2.71 bits per heavy atom. The Balaban J connectivity index is 1.48. The standard InChI is InChI=1S/C22H22N6O3/c1-27-9-8-17(10-20(27)29)26-21(30)16-6-7-19(24-12-16)28-22(31)18(13-25-28)15-4-2-14(11-23)3-5-15/h2-7,12-13,17,20,25,29H,8-10H2,1H3,(H,26,30)/t17?,20-/m1/s1. The maximum Gasteiger partial charge on any atom is 0.280 e. The third kappa shape index (κ3) is 4.26. The number of rotatable bonds is 4. The normalized spacial score (nSPS) is 19.0. The van der Waals surface area contributed by atoms with E-state index in [0.717, 1.165) is 6.42 Å². The van der Waals surface area contributed by atoms with Crippen molar-refractivity contribution in [2.45, 2.75) is 25.1 Å². The number of carbonyl (C=O) groups is 1. The average molecular weight is 418 g/mol. The Bertz CT molecular complexity index is 1170. The number of piperidine rings is 1. The summed E-state index contributed by atoms with van der Waals surface area (Å²) in [6, 6.07) is 11.9. The summed E-state index contributed by atoms with van der Waals surface area (Å²) in [6.45, 7) is 0.709. The van der Waals surface area contributed by atoms with Crippen molar-refractivity contribution in [1.82, 2.24) is 25.0 Å². The third-order valence-electron chi connectivity index (χ3n) is 5.51. The van der Waals surface area contributed by atoms with Crippen LogP contribution < -0.4 is 10.9 Å². The minimum absolute atomic E-state index is 0.0978. The van der Waals surface area contributed by atoms with Crippen LogP contribution in [0.4, 0.5) is 0 Å². The molecule has 0 aliphatic carbocycles. The lowest BCUT2D eigenvalue weighted by Crippen LogP contribution is -2.48. The molecule has 0 saturated carbocycles. The number of benzene rings is 1. The fourth-order valence-corrected chi connectivity index (χ4v) is 3.58. The summed E-state index contributed by atoms with van der Waals surface area (Å²) < 4.78 is 1.29. The van der Waals surface area contributed by atoms with Crippen LogP contribution in [0.3, 0.4) is 0 Å². The number of aromatic nitrogens is 3. The number of likely N-dealkylation sites (tertiary alicyclic amines) is 1. The molecule has 1 amide bonds. The van der Waals surface area contributed by atoms with Crippen LogP contribution in [0, 0.1) is 11.3 Å². The predicted molar refractivity (Wildman–Crippen MR) is 113 cm³/mol. The van der Waals surface area contributed by atoms with Gasteiger partial charge in [-0.3, -0.25) is 19.6 Å². The smallest absolute Gasteiger partial charge is 0.280 e. The van der Waals surface area contributed by atoms with Crippen molar-refractivity contribution in [2.24, 2.45) is 0 Å². The van der Waals surface area contributed by atoms with Crippen molar-refractivity contribution in [3.8, 4) is 23.0 Å². The van der Waals surface area contributed by atoms with E-state index in [0.29, 0.717) is 41.0 Å². The Morgan fingerprint density at radius 1 is 1.29 bits per heavy atom. The molecule has 1 saturated heterocycles. The van der Waals surface area contributed by atoms with Crippen molar-refractivity contribution >= 4 is 5.91 Å². The first-order valence-corrected chi connectivity index (χ1v) is 9.93. The molecular formula is C22H22N6O3. The van der Waals surface area contributed by atoms with Crippen LogP contribution in [0.1, 0.15) is 28.8 Å². The first-order chi connectivity index (χ1) is 15.0. The number of H-pyrrole nitrogens is 1. The summed E-state index contributed by atoms with van der Waals surface area (Å²) >= 11 is 0. The molecule has 3 N–H and O–H groups in total. The van der Waals surface area contributed by atoms with Gasteiger partial charge in [0, 0.05) is 31.4 Å². The molecule has 1 unspecified atom stereocenters. The van der Waals surface area contributed by atoms with E-state index in [2.05, 4.69) is 15.4 Å². The van der Waals surface area contributed by atoms with Crippen molar-refractivity contribution in [2.75, 3.05) is 13.6 Å². The number of nitrogens with one attached hydrogen (secondary N) is 2. The molecule has 0 bridgehead atoms. The van der Waals surface area contributed by atoms with E-state index in [1.807, 2.05) is 18.0 Å². The average Bonchev–Trinajstić information content (AvgIpc) is 3.17. The summed E-state index contributed by atoms with van der Waals surface area (Å²) in [5.74, 6) is 0.0917. The molecule has 1 aliphatic heterocycles. The molecule has 2 atom stereocenters. The maximum atomic E-state index is 12.8. The lowest BCUT2D eigenvalue weighted by atomic mass is 10.0. The molecule has 1 aliphatic rings. The van der Waals surface area contributed by atoms with Gasteiger partial charge in [-0.1, -0.05) is 12.1 Å². The van der Waals surface area contributed by atoms with Gasteiger partial charge in [0.05, 0.1) is 22.8 Å². The molecule has 1 aromatic carbocycles. The Labute approximate surface area is 178 Å². The van der Waals surface area contributed by atoms with Gasteiger partial charge in [0.25, 0.3) is 11.5 Å².